The maximum atomic E-state index is 9.71. The first kappa shape index (κ1) is 11.9. The molecule has 4 rings (SSSR count). The van der Waals surface area contributed by atoms with E-state index in [0.717, 1.165) is 12.8 Å². The van der Waals surface area contributed by atoms with Crippen LogP contribution in [0.4, 0.5) is 0 Å². The Labute approximate surface area is 118 Å². The van der Waals surface area contributed by atoms with Crippen molar-refractivity contribution in [2.75, 3.05) is 6.61 Å². The standard InChI is InChI=1S/C19H18O/c20-12-15-6-3-5-14-9-10-17-16-7-2-1-4-13(16)8-11-18(17)19(14)15/h1-2,4,7-11,15,20H,3,5-6,12H2. The van der Waals surface area contributed by atoms with E-state index in [-0.39, 0.29) is 6.61 Å². The number of aliphatic hydroxyl groups excluding tert-OH is 1. The van der Waals surface area contributed by atoms with Crippen LogP contribution in [0.3, 0.4) is 0 Å². The van der Waals surface area contributed by atoms with Crippen molar-refractivity contribution in [3.05, 3.63) is 59.7 Å². The zero-order valence-corrected chi connectivity index (χ0v) is 11.5. The predicted octanol–water partition coefficient (Wildman–Crippen LogP) is 4.41. The summed E-state index contributed by atoms with van der Waals surface area (Å²) in [5.74, 6) is 0.309. The van der Waals surface area contributed by atoms with Gasteiger partial charge in [0.15, 0.2) is 0 Å². The highest BCUT2D eigenvalue weighted by Crippen LogP contribution is 2.38. The monoisotopic (exact) mass is 262 g/mol. The minimum Gasteiger partial charge on any atom is -0.396 e. The summed E-state index contributed by atoms with van der Waals surface area (Å²) in [7, 11) is 0. The Morgan fingerprint density at radius 3 is 2.65 bits per heavy atom. The van der Waals surface area contributed by atoms with Gasteiger partial charge in [0, 0.05) is 12.5 Å². The number of aliphatic hydroxyl groups is 1. The van der Waals surface area contributed by atoms with Crippen molar-refractivity contribution >= 4 is 21.5 Å². The van der Waals surface area contributed by atoms with Gasteiger partial charge in [0.05, 0.1) is 0 Å². The van der Waals surface area contributed by atoms with Gasteiger partial charge in [0.25, 0.3) is 0 Å². The zero-order valence-electron chi connectivity index (χ0n) is 11.5. The normalized spacial score (nSPS) is 18.4. The quantitative estimate of drug-likeness (QED) is 0.644. The van der Waals surface area contributed by atoms with Gasteiger partial charge in [-0.2, -0.15) is 0 Å². The molecule has 0 fully saturated rings. The highest BCUT2D eigenvalue weighted by molar-refractivity contribution is 6.08. The van der Waals surface area contributed by atoms with Gasteiger partial charge in [0.1, 0.15) is 0 Å². The van der Waals surface area contributed by atoms with Gasteiger partial charge in [-0.3, -0.25) is 0 Å². The van der Waals surface area contributed by atoms with E-state index >= 15 is 0 Å². The van der Waals surface area contributed by atoms with Crippen LogP contribution in [0.15, 0.2) is 48.5 Å². The van der Waals surface area contributed by atoms with E-state index in [4.69, 9.17) is 0 Å². The summed E-state index contributed by atoms with van der Waals surface area (Å²) in [5.41, 5.74) is 2.82. The fraction of sp³-hybridized carbons (Fsp3) is 0.263. The molecule has 1 unspecified atom stereocenters. The molecule has 0 aliphatic heterocycles. The number of aryl methyl sites for hydroxylation is 1. The Kier molecular flexibility index (Phi) is 2.75. The SMILES string of the molecule is OCC1CCCc2ccc3c(ccc4ccccc43)c21. The van der Waals surface area contributed by atoms with Crippen LogP contribution in [0.2, 0.25) is 0 Å². The fourth-order valence-electron chi connectivity index (χ4n) is 3.72. The van der Waals surface area contributed by atoms with Crippen LogP contribution in [0.5, 0.6) is 0 Å². The summed E-state index contributed by atoms with van der Waals surface area (Å²) >= 11 is 0. The van der Waals surface area contributed by atoms with Crippen molar-refractivity contribution in [1.29, 1.82) is 0 Å². The summed E-state index contributed by atoms with van der Waals surface area (Å²) in [5, 5.41) is 15.0. The number of benzene rings is 3. The van der Waals surface area contributed by atoms with E-state index in [1.807, 2.05) is 0 Å². The van der Waals surface area contributed by atoms with Gasteiger partial charge in [-0.05, 0) is 51.9 Å². The van der Waals surface area contributed by atoms with E-state index in [0.29, 0.717) is 5.92 Å². The summed E-state index contributed by atoms with van der Waals surface area (Å²) in [6.45, 7) is 0.263. The average Bonchev–Trinajstić information content (AvgIpc) is 2.53. The molecule has 100 valence electrons. The molecule has 0 aromatic heterocycles. The second kappa shape index (κ2) is 4.60. The third kappa shape index (κ3) is 1.66. The fourth-order valence-corrected chi connectivity index (χ4v) is 3.72. The van der Waals surface area contributed by atoms with Crippen LogP contribution in [0.1, 0.15) is 29.9 Å². The Hall–Kier alpha value is -1.86. The molecule has 1 aliphatic carbocycles. The smallest absolute Gasteiger partial charge is 0.0500 e. The van der Waals surface area contributed by atoms with Crippen LogP contribution < -0.4 is 0 Å². The first-order valence-electron chi connectivity index (χ1n) is 7.42. The van der Waals surface area contributed by atoms with Gasteiger partial charge in [-0.15, -0.1) is 0 Å². The van der Waals surface area contributed by atoms with Gasteiger partial charge < -0.3 is 5.11 Å². The average molecular weight is 262 g/mol. The Morgan fingerprint density at radius 2 is 1.75 bits per heavy atom. The van der Waals surface area contributed by atoms with E-state index in [1.165, 1.54) is 39.1 Å². The molecule has 0 spiro atoms. The first-order chi connectivity index (χ1) is 9.88. The molecule has 0 saturated carbocycles. The maximum Gasteiger partial charge on any atom is 0.0500 e. The lowest BCUT2D eigenvalue weighted by atomic mass is 9.80. The molecule has 0 heterocycles. The molecule has 1 nitrogen and oxygen atoms in total. The minimum atomic E-state index is 0.263. The lowest BCUT2D eigenvalue weighted by Crippen LogP contribution is -2.13. The first-order valence-corrected chi connectivity index (χ1v) is 7.42. The summed E-state index contributed by atoms with van der Waals surface area (Å²) in [6.07, 6.45) is 3.45. The summed E-state index contributed by atoms with van der Waals surface area (Å²) in [6, 6.07) is 17.5. The van der Waals surface area contributed by atoms with Crippen LogP contribution in [-0.2, 0) is 6.42 Å². The van der Waals surface area contributed by atoms with Crippen molar-refractivity contribution in [3.63, 3.8) is 0 Å². The Morgan fingerprint density at radius 1 is 0.900 bits per heavy atom. The molecule has 0 radical (unpaired) electrons. The molecule has 20 heavy (non-hydrogen) atoms. The molecule has 0 bridgehead atoms. The van der Waals surface area contributed by atoms with E-state index in [1.54, 1.807) is 0 Å². The molecule has 0 amide bonds. The van der Waals surface area contributed by atoms with Gasteiger partial charge in [0.2, 0.25) is 0 Å². The van der Waals surface area contributed by atoms with Gasteiger partial charge in [-0.1, -0.05) is 48.5 Å². The Bertz CT molecular complexity index is 788. The number of hydrogen-bond donors (Lipinski definition) is 1. The lowest BCUT2D eigenvalue weighted by molar-refractivity contribution is 0.254. The zero-order chi connectivity index (χ0) is 13.5. The second-order valence-corrected chi connectivity index (χ2v) is 5.79. The van der Waals surface area contributed by atoms with Gasteiger partial charge in [-0.25, -0.2) is 0 Å². The van der Waals surface area contributed by atoms with Crippen molar-refractivity contribution in [2.45, 2.75) is 25.2 Å². The summed E-state index contributed by atoms with van der Waals surface area (Å²) in [4.78, 5) is 0. The van der Waals surface area contributed by atoms with E-state index in [2.05, 4.69) is 48.5 Å². The van der Waals surface area contributed by atoms with Crippen LogP contribution >= 0.6 is 0 Å². The molecule has 1 heteroatoms. The Balaban J connectivity index is 2.11. The molecule has 1 atom stereocenters. The predicted molar refractivity (Wildman–Crippen MR) is 84.2 cm³/mol. The van der Waals surface area contributed by atoms with E-state index in [9.17, 15) is 5.11 Å². The number of hydrogen-bond acceptors (Lipinski definition) is 1. The van der Waals surface area contributed by atoms with E-state index < -0.39 is 0 Å². The van der Waals surface area contributed by atoms with Crippen molar-refractivity contribution < 1.29 is 5.11 Å². The highest BCUT2D eigenvalue weighted by Gasteiger charge is 2.22. The van der Waals surface area contributed by atoms with Crippen molar-refractivity contribution in [3.8, 4) is 0 Å². The third-order valence-corrected chi connectivity index (χ3v) is 4.69. The van der Waals surface area contributed by atoms with Crippen LogP contribution in [0, 0.1) is 0 Å². The van der Waals surface area contributed by atoms with Crippen molar-refractivity contribution in [1.82, 2.24) is 0 Å². The molecule has 0 saturated heterocycles. The summed E-state index contributed by atoms with van der Waals surface area (Å²) < 4.78 is 0. The topological polar surface area (TPSA) is 20.2 Å². The van der Waals surface area contributed by atoms with Crippen molar-refractivity contribution in [2.24, 2.45) is 0 Å². The molecule has 3 aromatic carbocycles. The second-order valence-electron chi connectivity index (χ2n) is 5.79. The van der Waals surface area contributed by atoms with Crippen LogP contribution in [0.25, 0.3) is 21.5 Å². The van der Waals surface area contributed by atoms with Crippen LogP contribution in [-0.4, -0.2) is 11.7 Å². The third-order valence-electron chi connectivity index (χ3n) is 4.69. The lowest BCUT2D eigenvalue weighted by Gasteiger charge is -2.26. The molecule has 3 aromatic rings. The molecule has 1 N–H and O–H groups in total. The number of fused-ring (bicyclic) bond motifs is 5. The highest BCUT2D eigenvalue weighted by atomic mass is 16.3. The molecular weight excluding hydrogens is 244 g/mol. The molecular formula is C19H18O. The minimum absolute atomic E-state index is 0.263. The molecule has 1 aliphatic rings. The largest absolute Gasteiger partial charge is 0.396 e. The number of rotatable bonds is 1. The maximum absolute atomic E-state index is 9.71. The van der Waals surface area contributed by atoms with Gasteiger partial charge >= 0.3 is 0 Å².